The molecule has 4 nitrogen and oxygen atoms in total. The fourth-order valence-corrected chi connectivity index (χ4v) is 2.08. The molecule has 0 radical (unpaired) electrons. The third kappa shape index (κ3) is 2.59. The van der Waals surface area contributed by atoms with E-state index in [1.54, 1.807) is 4.90 Å². The first-order chi connectivity index (χ1) is 8.47. The van der Waals surface area contributed by atoms with Crippen LogP contribution in [0.1, 0.15) is 12.5 Å². The van der Waals surface area contributed by atoms with Crippen molar-refractivity contribution in [2.75, 3.05) is 13.1 Å². The first-order valence-electron chi connectivity index (χ1n) is 5.65. The lowest BCUT2D eigenvalue weighted by Gasteiger charge is -2.31. The van der Waals surface area contributed by atoms with Crippen LogP contribution < -0.4 is 5.32 Å². The second-order valence-corrected chi connectivity index (χ2v) is 4.51. The summed E-state index contributed by atoms with van der Waals surface area (Å²) < 4.78 is 26.7. The number of benzene rings is 1. The summed E-state index contributed by atoms with van der Waals surface area (Å²) in [5.41, 5.74) is 0.132. The monoisotopic (exact) mass is 256 g/mol. The maximum absolute atomic E-state index is 13.5. The van der Waals surface area contributed by atoms with Crippen LogP contribution in [0.15, 0.2) is 12.1 Å². The number of nitrogens with zero attached hydrogens (tertiary/aromatic N) is 1. The van der Waals surface area contributed by atoms with Crippen LogP contribution in [-0.2, 0) is 11.3 Å². The number of phenolic OH excluding ortho intramolecular Hbond substituents is 1. The van der Waals surface area contributed by atoms with Crippen LogP contribution in [0.4, 0.5) is 8.78 Å². The quantitative estimate of drug-likeness (QED) is 0.829. The first kappa shape index (κ1) is 12.8. The van der Waals surface area contributed by atoms with Crippen LogP contribution in [0.5, 0.6) is 5.75 Å². The fourth-order valence-electron chi connectivity index (χ4n) is 2.08. The summed E-state index contributed by atoms with van der Waals surface area (Å²) in [5, 5.41) is 11.8. The van der Waals surface area contributed by atoms with E-state index in [9.17, 15) is 13.6 Å². The van der Waals surface area contributed by atoms with Crippen molar-refractivity contribution in [2.24, 2.45) is 0 Å². The van der Waals surface area contributed by atoms with Gasteiger partial charge in [0.2, 0.25) is 11.7 Å². The van der Waals surface area contributed by atoms with E-state index in [0.29, 0.717) is 6.54 Å². The van der Waals surface area contributed by atoms with Gasteiger partial charge in [0.05, 0.1) is 6.54 Å². The minimum atomic E-state index is -1.25. The topological polar surface area (TPSA) is 52.6 Å². The second-order valence-electron chi connectivity index (χ2n) is 4.51. The van der Waals surface area contributed by atoms with E-state index in [-0.39, 0.29) is 30.6 Å². The van der Waals surface area contributed by atoms with Crippen molar-refractivity contribution in [3.63, 3.8) is 0 Å². The lowest BCUT2D eigenvalue weighted by atomic mass is 10.1. The Morgan fingerprint density at radius 3 is 2.83 bits per heavy atom. The zero-order valence-electron chi connectivity index (χ0n) is 9.91. The summed E-state index contributed by atoms with van der Waals surface area (Å²) in [6.07, 6.45) is 0. The van der Waals surface area contributed by atoms with Crippen molar-refractivity contribution < 1.29 is 18.7 Å². The van der Waals surface area contributed by atoms with E-state index in [0.717, 1.165) is 6.07 Å². The average molecular weight is 256 g/mol. The third-order valence-electron chi connectivity index (χ3n) is 2.84. The molecule has 0 spiro atoms. The van der Waals surface area contributed by atoms with Gasteiger partial charge in [-0.3, -0.25) is 9.69 Å². The molecule has 1 atom stereocenters. The summed E-state index contributed by atoms with van der Waals surface area (Å²) >= 11 is 0. The number of hydrogen-bond acceptors (Lipinski definition) is 3. The van der Waals surface area contributed by atoms with Gasteiger partial charge < -0.3 is 10.4 Å². The van der Waals surface area contributed by atoms with Gasteiger partial charge in [-0.15, -0.1) is 0 Å². The highest BCUT2D eigenvalue weighted by molar-refractivity contribution is 5.79. The molecule has 2 rings (SSSR count). The number of amides is 1. The van der Waals surface area contributed by atoms with Gasteiger partial charge in [0, 0.05) is 24.7 Å². The van der Waals surface area contributed by atoms with E-state index in [2.05, 4.69) is 5.32 Å². The Morgan fingerprint density at radius 1 is 1.44 bits per heavy atom. The Labute approximate surface area is 103 Å². The lowest BCUT2D eigenvalue weighted by molar-refractivity contribution is -0.125. The highest BCUT2D eigenvalue weighted by Crippen LogP contribution is 2.22. The molecule has 0 aromatic heterocycles. The maximum Gasteiger partial charge on any atom is 0.234 e. The van der Waals surface area contributed by atoms with E-state index >= 15 is 0 Å². The van der Waals surface area contributed by atoms with Crippen LogP contribution in [0.25, 0.3) is 0 Å². The predicted octanol–water partition coefficient (Wildman–Crippen LogP) is 0.991. The molecule has 0 bridgehead atoms. The minimum Gasteiger partial charge on any atom is -0.505 e. The molecule has 1 heterocycles. The largest absolute Gasteiger partial charge is 0.505 e. The molecule has 1 saturated heterocycles. The van der Waals surface area contributed by atoms with Crippen molar-refractivity contribution in [3.8, 4) is 5.75 Å². The first-order valence-corrected chi connectivity index (χ1v) is 5.65. The van der Waals surface area contributed by atoms with Gasteiger partial charge in [0.15, 0.2) is 11.6 Å². The maximum atomic E-state index is 13.5. The Kier molecular flexibility index (Phi) is 3.47. The summed E-state index contributed by atoms with van der Waals surface area (Å²) in [4.78, 5) is 13.1. The SMILES string of the molecule is CC1CN(Cc2ccc(O)c(F)c2F)CC(=O)N1. The van der Waals surface area contributed by atoms with E-state index in [1.165, 1.54) is 6.07 Å². The molecule has 1 aliphatic rings. The smallest absolute Gasteiger partial charge is 0.234 e. The minimum absolute atomic E-state index is 0.0173. The molecule has 1 aromatic carbocycles. The predicted molar refractivity (Wildman–Crippen MR) is 60.9 cm³/mol. The highest BCUT2D eigenvalue weighted by Gasteiger charge is 2.23. The van der Waals surface area contributed by atoms with Crippen molar-refractivity contribution in [1.82, 2.24) is 10.2 Å². The molecule has 1 aromatic rings. The van der Waals surface area contributed by atoms with Crippen molar-refractivity contribution in [2.45, 2.75) is 19.5 Å². The molecule has 6 heteroatoms. The summed E-state index contributed by atoms with van der Waals surface area (Å²) in [5.74, 6) is -3.15. The number of carbonyl (C=O) groups is 1. The van der Waals surface area contributed by atoms with Crippen LogP contribution in [-0.4, -0.2) is 35.0 Å². The molecule has 1 unspecified atom stereocenters. The number of rotatable bonds is 2. The van der Waals surface area contributed by atoms with Gasteiger partial charge in [-0.05, 0) is 13.0 Å². The molecule has 18 heavy (non-hydrogen) atoms. The number of carbonyl (C=O) groups excluding carboxylic acids is 1. The highest BCUT2D eigenvalue weighted by atomic mass is 19.2. The molecule has 2 N–H and O–H groups in total. The van der Waals surface area contributed by atoms with Gasteiger partial charge in [0.1, 0.15) is 0 Å². The van der Waals surface area contributed by atoms with Crippen LogP contribution in [0.2, 0.25) is 0 Å². The van der Waals surface area contributed by atoms with Crippen molar-refractivity contribution in [3.05, 3.63) is 29.3 Å². The number of phenols is 1. The lowest BCUT2D eigenvalue weighted by Crippen LogP contribution is -2.52. The number of piperazine rings is 1. The zero-order chi connectivity index (χ0) is 13.3. The molecule has 0 aliphatic carbocycles. The van der Waals surface area contributed by atoms with Crippen molar-refractivity contribution in [1.29, 1.82) is 0 Å². The van der Waals surface area contributed by atoms with Crippen molar-refractivity contribution >= 4 is 5.91 Å². The molecule has 1 amide bonds. The van der Waals surface area contributed by atoms with E-state index in [4.69, 9.17) is 5.11 Å². The normalized spacial score (nSPS) is 20.8. The Morgan fingerprint density at radius 2 is 2.17 bits per heavy atom. The Hall–Kier alpha value is -1.69. The molecule has 1 fully saturated rings. The molecular weight excluding hydrogens is 242 g/mol. The number of aromatic hydroxyl groups is 1. The third-order valence-corrected chi connectivity index (χ3v) is 2.84. The van der Waals surface area contributed by atoms with Gasteiger partial charge in [-0.1, -0.05) is 6.07 Å². The molecular formula is C12H14F2N2O2. The number of halogens is 2. The zero-order valence-corrected chi connectivity index (χ0v) is 9.91. The van der Waals surface area contributed by atoms with E-state index < -0.39 is 17.4 Å². The molecule has 98 valence electrons. The van der Waals surface area contributed by atoms with Gasteiger partial charge in [-0.2, -0.15) is 4.39 Å². The second kappa shape index (κ2) is 4.89. The van der Waals surface area contributed by atoms with E-state index in [1.807, 2.05) is 6.92 Å². The Balaban J connectivity index is 2.14. The summed E-state index contributed by atoms with van der Waals surface area (Å²) in [6, 6.07) is 2.42. The van der Waals surface area contributed by atoms with Crippen LogP contribution in [0, 0.1) is 11.6 Å². The number of hydrogen-bond donors (Lipinski definition) is 2. The van der Waals surface area contributed by atoms with Gasteiger partial charge in [-0.25, -0.2) is 4.39 Å². The molecule has 0 saturated carbocycles. The fraction of sp³-hybridized carbons (Fsp3) is 0.417. The standard InChI is InChI=1S/C12H14F2N2O2/c1-7-4-16(6-10(18)15-7)5-8-2-3-9(17)12(14)11(8)13/h2-3,7,17H,4-6H2,1H3,(H,15,18). The summed E-state index contributed by atoms with van der Waals surface area (Å²) in [7, 11) is 0. The average Bonchev–Trinajstić information content (AvgIpc) is 2.29. The number of nitrogens with one attached hydrogen (secondary N) is 1. The van der Waals surface area contributed by atoms with Gasteiger partial charge in [0.25, 0.3) is 0 Å². The summed E-state index contributed by atoms with van der Waals surface area (Å²) in [6.45, 7) is 2.72. The van der Waals surface area contributed by atoms with Gasteiger partial charge >= 0.3 is 0 Å². The Bertz CT molecular complexity index is 479. The van der Waals surface area contributed by atoms with Crippen LogP contribution in [0.3, 0.4) is 0 Å². The molecule has 1 aliphatic heterocycles. The van der Waals surface area contributed by atoms with Crippen LogP contribution >= 0.6 is 0 Å².